The molecule has 0 aromatic heterocycles. The van der Waals surface area contributed by atoms with Crippen LogP contribution in [-0.4, -0.2) is 8.42 Å². The Kier molecular flexibility index (Phi) is 3.36. The summed E-state index contributed by atoms with van der Waals surface area (Å²) in [5.74, 6) is 0. The molecule has 0 aliphatic heterocycles. The minimum Gasteiger partial charge on any atom is -0.219 e. The molecular formula is C16H10BrO2S. The SMILES string of the molecule is O=S(=O)(c1cc[c]cc1)c1ccc2cc(Br)ccc2c1. The number of halogens is 1. The first-order valence-corrected chi connectivity index (χ1v) is 8.25. The van der Waals surface area contributed by atoms with E-state index in [0.29, 0.717) is 4.90 Å². The Morgan fingerprint density at radius 3 is 2.20 bits per heavy atom. The van der Waals surface area contributed by atoms with E-state index < -0.39 is 9.84 Å². The largest absolute Gasteiger partial charge is 0.219 e. The molecule has 20 heavy (non-hydrogen) atoms. The lowest BCUT2D eigenvalue weighted by atomic mass is 10.1. The second-order valence-electron chi connectivity index (χ2n) is 4.39. The van der Waals surface area contributed by atoms with Gasteiger partial charge in [0.05, 0.1) is 9.79 Å². The molecule has 0 spiro atoms. The summed E-state index contributed by atoms with van der Waals surface area (Å²) in [4.78, 5) is 0.589. The summed E-state index contributed by atoms with van der Waals surface area (Å²) in [7, 11) is -3.47. The van der Waals surface area contributed by atoms with E-state index in [-0.39, 0.29) is 4.90 Å². The maximum atomic E-state index is 12.5. The number of benzene rings is 3. The lowest BCUT2D eigenvalue weighted by Crippen LogP contribution is -2.01. The van der Waals surface area contributed by atoms with Crippen molar-refractivity contribution in [2.45, 2.75) is 9.79 Å². The molecule has 0 heterocycles. The standard InChI is InChI=1S/C16H10BrO2S/c17-14-8-6-13-11-16(9-7-12(13)10-14)20(18,19)15-4-2-1-3-5-15/h2-11H. The van der Waals surface area contributed by atoms with Crippen LogP contribution in [0, 0.1) is 6.07 Å². The lowest BCUT2D eigenvalue weighted by Gasteiger charge is -2.06. The highest BCUT2D eigenvalue weighted by atomic mass is 79.9. The average Bonchev–Trinajstić information content (AvgIpc) is 2.47. The van der Waals surface area contributed by atoms with Crippen molar-refractivity contribution in [1.29, 1.82) is 0 Å². The zero-order chi connectivity index (χ0) is 14.2. The van der Waals surface area contributed by atoms with Crippen LogP contribution in [0.15, 0.2) is 74.9 Å². The first-order chi connectivity index (χ1) is 9.57. The van der Waals surface area contributed by atoms with Crippen molar-refractivity contribution in [3.05, 3.63) is 71.2 Å². The van der Waals surface area contributed by atoms with Gasteiger partial charge in [-0.15, -0.1) is 0 Å². The molecule has 0 bridgehead atoms. The van der Waals surface area contributed by atoms with Gasteiger partial charge in [-0.2, -0.15) is 0 Å². The molecule has 0 saturated heterocycles. The molecule has 0 fully saturated rings. The summed E-state index contributed by atoms with van der Waals surface area (Å²) in [6, 6.07) is 20.1. The van der Waals surface area contributed by atoms with Crippen LogP contribution in [0.25, 0.3) is 10.8 Å². The zero-order valence-corrected chi connectivity index (χ0v) is 12.8. The fourth-order valence-electron chi connectivity index (χ4n) is 2.05. The second kappa shape index (κ2) is 5.04. The molecule has 2 nitrogen and oxygen atoms in total. The van der Waals surface area contributed by atoms with Crippen molar-refractivity contribution < 1.29 is 8.42 Å². The summed E-state index contributed by atoms with van der Waals surface area (Å²) >= 11 is 3.41. The van der Waals surface area contributed by atoms with Gasteiger partial charge in [-0.3, -0.25) is 0 Å². The molecule has 3 aromatic rings. The van der Waals surface area contributed by atoms with E-state index in [1.54, 1.807) is 36.4 Å². The Hall–Kier alpha value is -1.65. The van der Waals surface area contributed by atoms with Gasteiger partial charge in [0.2, 0.25) is 9.84 Å². The van der Waals surface area contributed by atoms with Gasteiger partial charge in [0.25, 0.3) is 0 Å². The van der Waals surface area contributed by atoms with Crippen molar-refractivity contribution in [2.24, 2.45) is 0 Å². The van der Waals surface area contributed by atoms with Crippen LogP contribution in [0.5, 0.6) is 0 Å². The maximum absolute atomic E-state index is 12.5. The molecule has 3 rings (SSSR count). The third-order valence-electron chi connectivity index (χ3n) is 3.08. The predicted octanol–water partition coefficient (Wildman–Crippen LogP) is 4.24. The lowest BCUT2D eigenvalue weighted by molar-refractivity contribution is 0.596. The molecule has 0 unspecified atom stereocenters. The number of sulfone groups is 1. The number of hydrogen-bond acceptors (Lipinski definition) is 2. The summed E-state index contributed by atoms with van der Waals surface area (Å²) in [5, 5.41) is 1.90. The first-order valence-electron chi connectivity index (χ1n) is 5.98. The van der Waals surface area contributed by atoms with Crippen molar-refractivity contribution in [3.8, 4) is 0 Å². The van der Waals surface area contributed by atoms with E-state index in [0.717, 1.165) is 15.2 Å². The van der Waals surface area contributed by atoms with E-state index >= 15 is 0 Å². The number of hydrogen-bond donors (Lipinski definition) is 0. The van der Waals surface area contributed by atoms with E-state index in [1.807, 2.05) is 24.3 Å². The summed E-state index contributed by atoms with van der Waals surface area (Å²) in [6.07, 6.45) is 0. The second-order valence-corrected chi connectivity index (χ2v) is 7.26. The third kappa shape index (κ3) is 2.37. The van der Waals surface area contributed by atoms with Gasteiger partial charge in [-0.25, -0.2) is 8.42 Å². The minimum absolute atomic E-state index is 0.285. The molecule has 0 N–H and O–H groups in total. The van der Waals surface area contributed by atoms with Gasteiger partial charge >= 0.3 is 0 Å². The van der Waals surface area contributed by atoms with Crippen molar-refractivity contribution in [3.63, 3.8) is 0 Å². The molecule has 3 aromatic carbocycles. The third-order valence-corrected chi connectivity index (χ3v) is 5.34. The molecule has 0 amide bonds. The van der Waals surface area contributed by atoms with Gasteiger partial charge in [0.15, 0.2) is 0 Å². The smallest absolute Gasteiger partial charge is 0.206 e. The zero-order valence-electron chi connectivity index (χ0n) is 10.4. The fourth-order valence-corrected chi connectivity index (χ4v) is 3.72. The van der Waals surface area contributed by atoms with Gasteiger partial charge < -0.3 is 0 Å². The Balaban J connectivity index is 2.18. The van der Waals surface area contributed by atoms with Gasteiger partial charge in [0.1, 0.15) is 0 Å². The summed E-state index contributed by atoms with van der Waals surface area (Å²) < 4.78 is 26.0. The molecule has 0 aliphatic carbocycles. The normalized spacial score (nSPS) is 11.7. The van der Waals surface area contributed by atoms with E-state index in [1.165, 1.54) is 0 Å². The Bertz CT molecular complexity index is 871. The van der Waals surface area contributed by atoms with Crippen LogP contribution in [0.3, 0.4) is 0 Å². The molecule has 1 radical (unpaired) electrons. The van der Waals surface area contributed by atoms with E-state index in [4.69, 9.17) is 0 Å². The van der Waals surface area contributed by atoms with Crippen LogP contribution in [0.2, 0.25) is 0 Å². The maximum Gasteiger partial charge on any atom is 0.206 e. The van der Waals surface area contributed by atoms with Gasteiger partial charge in [-0.05, 0) is 53.2 Å². The van der Waals surface area contributed by atoms with Crippen LogP contribution in [0.4, 0.5) is 0 Å². The van der Waals surface area contributed by atoms with Crippen molar-refractivity contribution >= 4 is 36.5 Å². The molecule has 0 saturated carbocycles. The van der Waals surface area contributed by atoms with Crippen LogP contribution in [0.1, 0.15) is 0 Å². The molecule has 0 atom stereocenters. The van der Waals surface area contributed by atoms with Crippen molar-refractivity contribution in [1.82, 2.24) is 0 Å². The molecule has 99 valence electrons. The highest BCUT2D eigenvalue weighted by Crippen LogP contribution is 2.26. The van der Waals surface area contributed by atoms with Crippen LogP contribution >= 0.6 is 15.9 Å². The highest BCUT2D eigenvalue weighted by molar-refractivity contribution is 9.10. The van der Waals surface area contributed by atoms with E-state index in [9.17, 15) is 8.42 Å². The Morgan fingerprint density at radius 1 is 0.800 bits per heavy atom. The first kappa shape index (κ1) is 13.3. The molecular weight excluding hydrogens is 336 g/mol. The number of rotatable bonds is 2. The van der Waals surface area contributed by atoms with Crippen LogP contribution < -0.4 is 0 Å². The van der Waals surface area contributed by atoms with Gasteiger partial charge in [0, 0.05) is 4.47 Å². The monoisotopic (exact) mass is 345 g/mol. The quantitative estimate of drug-likeness (QED) is 0.696. The Labute approximate surface area is 126 Å². The summed E-state index contributed by atoms with van der Waals surface area (Å²) in [6.45, 7) is 0. The predicted molar refractivity (Wildman–Crippen MR) is 82.4 cm³/mol. The topological polar surface area (TPSA) is 34.1 Å². The molecule has 0 aliphatic rings. The Morgan fingerprint density at radius 2 is 1.45 bits per heavy atom. The average molecular weight is 346 g/mol. The minimum atomic E-state index is -3.47. The van der Waals surface area contributed by atoms with Gasteiger partial charge in [-0.1, -0.05) is 40.2 Å². The summed E-state index contributed by atoms with van der Waals surface area (Å²) in [5.41, 5.74) is 0. The van der Waals surface area contributed by atoms with Crippen molar-refractivity contribution in [2.75, 3.05) is 0 Å². The highest BCUT2D eigenvalue weighted by Gasteiger charge is 2.17. The fraction of sp³-hybridized carbons (Fsp3) is 0. The van der Waals surface area contributed by atoms with Crippen LogP contribution in [-0.2, 0) is 9.84 Å². The number of fused-ring (bicyclic) bond motifs is 1. The van der Waals surface area contributed by atoms with E-state index in [2.05, 4.69) is 22.0 Å². The molecule has 4 heteroatoms.